The van der Waals surface area contributed by atoms with E-state index in [1.54, 1.807) is 19.2 Å². The summed E-state index contributed by atoms with van der Waals surface area (Å²) in [6, 6.07) is 3.33. The van der Waals surface area contributed by atoms with E-state index in [2.05, 4.69) is 15.6 Å². The van der Waals surface area contributed by atoms with Crippen LogP contribution in [0.5, 0.6) is 5.75 Å². The van der Waals surface area contributed by atoms with Crippen LogP contribution < -0.4 is 10.6 Å². The second-order valence-corrected chi connectivity index (χ2v) is 3.20. The molecule has 1 amide bonds. The highest BCUT2D eigenvalue weighted by Crippen LogP contribution is 2.13. The van der Waals surface area contributed by atoms with E-state index < -0.39 is 0 Å². The number of rotatable bonds is 4. The van der Waals surface area contributed by atoms with Crippen LogP contribution in [0.4, 0.5) is 0 Å². The number of likely N-dealkylation sites (N-methyl/N-ethyl adjacent to an activating group) is 1. The second-order valence-electron chi connectivity index (χ2n) is 3.20. The van der Waals surface area contributed by atoms with E-state index in [0.29, 0.717) is 12.2 Å². The summed E-state index contributed by atoms with van der Waals surface area (Å²) in [5.74, 6) is 0.0483. The molecular weight excluding hydrogens is 194 g/mol. The molecule has 0 saturated carbocycles. The third-order valence-electron chi connectivity index (χ3n) is 1.95. The molecule has 0 fully saturated rings. The van der Waals surface area contributed by atoms with Gasteiger partial charge in [0, 0.05) is 19.3 Å². The molecule has 0 unspecified atom stereocenters. The van der Waals surface area contributed by atoms with Gasteiger partial charge in [-0.15, -0.1) is 0 Å². The summed E-state index contributed by atoms with van der Waals surface area (Å²) in [6.45, 7) is 2.44. The lowest BCUT2D eigenvalue weighted by Gasteiger charge is -2.06. The third kappa shape index (κ3) is 3.55. The maximum absolute atomic E-state index is 10.9. The van der Waals surface area contributed by atoms with Crippen molar-refractivity contribution >= 4 is 5.91 Å². The van der Waals surface area contributed by atoms with E-state index in [4.69, 9.17) is 0 Å². The number of aromatic nitrogens is 1. The molecule has 0 aliphatic heterocycles. The van der Waals surface area contributed by atoms with Crippen molar-refractivity contribution in [3.63, 3.8) is 0 Å². The minimum Gasteiger partial charge on any atom is -0.506 e. The fourth-order valence-electron chi connectivity index (χ4n) is 1.12. The van der Waals surface area contributed by atoms with Crippen LogP contribution in [0.2, 0.25) is 0 Å². The Morgan fingerprint density at radius 1 is 1.53 bits per heavy atom. The molecule has 3 N–H and O–H groups in total. The van der Waals surface area contributed by atoms with Gasteiger partial charge in [0.25, 0.3) is 0 Å². The number of carbonyl (C=O) groups excluding carboxylic acids is 1. The SMILES string of the molecule is CNC(=O)CNCc1nc(C)ccc1O. The Morgan fingerprint density at radius 3 is 2.93 bits per heavy atom. The number of hydrogen-bond donors (Lipinski definition) is 3. The zero-order valence-electron chi connectivity index (χ0n) is 8.87. The van der Waals surface area contributed by atoms with Gasteiger partial charge >= 0.3 is 0 Å². The number of nitrogens with one attached hydrogen (secondary N) is 2. The lowest BCUT2D eigenvalue weighted by Crippen LogP contribution is -2.31. The van der Waals surface area contributed by atoms with Crippen LogP contribution in [0.3, 0.4) is 0 Å². The Labute approximate surface area is 88.5 Å². The molecule has 1 heterocycles. The van der Waals surface area contributed by atoms with E-state index >= 15 is 0 Å². The monoisotopic (exact) mass is 209 g/mol. The van der Waals surface area contributed by atoms with Gasteiger partial charge in [-0.3, -0.25) is 9.78 Å². The Balaban J connectivity index is 2.50. The number of pyridine rings is 1. The summed E-state index contributed by atoms with van der Waals surface area (Å²) < 4.78 is 0. The average molecular weight is 209 g/mol. The van der Waals surface area contributed by atoms with Crippen molar-refractivity contribution in [3.8, 4) is 5.75 Å². The number of aromatic hydroxyl groups is 1. The molecule has 82 valence electrons. The predicted octanol–water partition coefficient (Wildman–Crippen LogP) is -0.0688. The van der Waals surface area contributed by atoms with E-state index in [0.717, 1.165) is 5.69 Å². The number of carbonyl (C=O) groups is 1. The van der Waals surface area contributed by atoms with Crippen molar-refractivity contribution in [1.29, 1.82) is 0 Å². The number of amides is 1. The molecule has 5 nitrogen and oxygen atoms in total. The first-order valence-corrected chi connectivity index (χ1v) is 4.70. The maximum atomic E-state index is 10.9. The molecule has 1 aromatic rings. The van der Waals surface area contributed by atoms with Gasteiger partial charge in [0.2, 0.25) is 5.91 Å². The number of hydrogen-bond acceptors (Lipinski definition) is 4. The summed E-state index contributed by atoms with van der Waals surface area (Å²) in [5, 5.41) is 14.8. The van der Waals surface area contributed by atoms with Crippen LogP contribution >= 0.6 is 0 Å². The molecule has 0 aromatic carbocycles. The van der Waals surface area contributed by atoms with Crippen LogP contribution in [0.25, 0.3) is 0 Å². The third-order valence-corrected chi connectivity index (χ3v) is 1.95. The van der Waals surface area contributed by atoms with Crippen LogP contribution in [0, 0.1) is 6.92 Å². The lowest BCUT2D eigenvalue weighted by molar-refractivity contribution is -0.119. The van der Waals surface area contributed by atoms with Crippen LogP contribution in [0.1, 0.15) is 11.4 Å². The van der Waals surface area contributed by atoms with Crippen LogP contribution in [-0.2, 0) is 11.3 Å². The van der Waals surface area contributed by atoms with Crippen molar-refractivity contribution in [2.24, 2.45) is 0 Å². The number of aryl methyl sites for hydroxylation is 1. The molecule has 0 radical (unpaired) electrons. The minimum absolute atomic E-state index is 0.0952. The van der Waals surface area contributed by atoms with Crippen LogP contribution in [0.15, 0.2) is 12.1 Å². The van der Waals surface area contributed by atoms with Crippen molar-refractivity contribution < 1.29 is 9.90 Å². The Kier molecular flexibility index (Phi) is 4.05. The van der Waals surface area contributed by atoms with Gasteiger partial charge in [0.05, 0.1) is 12.2 Å². The lowest BCUT2D eigenvalue weighted by atomic mass is 10.3. The molecule has 0 aliphatic rings. The van der Waals surface area contributed by atoms with E-state index in [9.17, 15) is 9.90 Å². The van der Waals surface area contributed by atoms with Gasteiger partial charge in [-0.05, 0) is 19.1 Å². The zero-order chi connectivity index (χ0) is 11.3. The van der Waals surface area contributed by atoms with Crippen molar-refractivity contribution in [3.05, 3.63) is 23.5 Å². The standard InChI is InChI=1S/C10H15N3O2/c1-7-3-4-9(14)8(13-7)5-12-6-10(15)11-2/h3-4,12,14H,5-6H2,1-2H3,(H,11,15). The van der Waals surface area contributed by atoms with Gasteiger partial charge in [-0.25, -0.2) is 0 Å². The molecule has 5 heteroatoms. The van der Waals surface area contributed by atoms with E-state index in [1.165, 1.54) is 0 Å². The maximum Gasteiger partial charge on any atom is 0.233 e. The molecule has 1 aromatic heterocycles. The van der Waals surface area contributed by atoms with Crippen LogP contribution in [-0.4, -0.2) is 29.6 Å². The smallest absolute Gasteiger partial charge is 0.233 e. The number of nitrogens with zero attached hydrogens (tertiary/aromatic N) is 1. The molecule has 1 rings (SSSR count). The predicted molar refractivity (Wildman–Crippen MR) is 56.4 cm³/mol. The zero-order valence-corrected chi connectivity index (χ0v) is 8.87. The normalized spacial score (nSPS) is 10.0. The van der Waals surface area contributed by atoms with Gasteiger partial charge in [0.1, 0.15) is 5.75 Å². The Bertz CT molecular complexity index is 353. The first-order chi connectivity index (χ1) is 7.13. The van der Waals surface area contributed by atoms with E-state index in [1.807, 2.05) is 6.92 Å². The van der Waals surface area contributed by atoms with Crippen molar-refractivity contribution in [2.75, 3.05) is 13.6 Å². The molecule has 15 heavy (non-hydrogen) atoms. The van der Waals surface area contributed by atoms with Gasteiger partial charge < -0.3 is 15.7 Å². The van der Waals surface area contributed by atoms with Crippen molar-refractivity contribution in [1.82, 2.24) is 15.6 Å². The highest BCUT2D eigenvalue weighted by atomic mass is 16.3. The summed E-state index contributed by atoms with van der Waals surface area (Å²) >= 11 is 0. The molecule has 0 aliphatic carbocycles. The molecule has 0 bridgehead atoms. The summed E-state index contributed by atoms with van der Waals surface area (Å²) in [4.78, 5) is 15.0. The largest absolute Gasteiger partial charge is 0.506 e. The minimum atomic E-state index is -0.0952. The molecular formula is C10H15N3O2. The fraction of sp³-hybridized carbons (Fsp3) is 0.400. The molecule has 0 atom stereocenters. The molecule has 0 saturated heterocycles. The van der Waals surface area contributed by atoms with Gasteiger partial charge in [0.15, 0.2) is 0 Å². The van der Waals surface area contributed by atoms with Gasteiger partial charge in [-0.2, -0.15) is 0 Å². The van der Waals surface area contributed by atoms with Gasteiger partial charge in [-0.1, -0.05) is 0 Å². The molecule has 0 spiro atoms. The highest BCUT2D eigenvalue weighted by Gasteiger charge is 2.03. The fourth-order valence-corrected chi connectivity index (χ4v) is 1.12. The van der Waals surface area contributed by atoms with Crippen molar-refractivity contribution in [2.45, 2.75) is 13.5 Å². The second kappa shape index (κ2) is 5.31. The quantitative estimate of drug-likeness (QED) is 0.649. The summed E-state index contributed by atoms with van der Waals surface area (Å²) in [5.41, 5.74) is 1.39. The van der Waals surface area contributed by atoms with E-state index in [-0.39, 0.29) is 18.2 Å². The first-order valence-electron chi connectivity index (χ1n) is 4.70. The average Bonchev–Trinajstić information content (AvgIpc) is 2.23. The highest BCUT2D eigenvalue weighted by molar-refractivity contribution is 5.77. The summed E-state index contributed by atoms with van der Waals surface area (Å²) in [7, 11) is 1.58. The summed E-state index contributed by atoms with van der Waals surface area (Å²) in [6.07, 6.45) is 0. The Morgan fingerprint density at radius 2 is 2.27 bits per heavy atom. The topological polar surface area (TPSA) is 74.2 Å². The Hall–Kier alpha value is -1.62. The first kappa shape index (κ1) is 11.5.